The highest BCUT2D eigenvalue weighted by molar-refractivity contribution is 5.29. The maximum atomic E-state index is 12.9. The van der Waals surface area contributed by atoms with Crippen LogP contribution >= 0.6 is 0 Å². The number of ether oxygens (including phenoxy) is 2. The Balaban J connectivity index is 2.22. The van der Waals surface area contributed by atoms with Crippen molar-refractivity contribution in [1.29, 1.82) is 0 Å². The summed E-state index contributed by atoms with van der Waals surface area (Å²) in [6.45, 7) is 0. The van der Waals surface area contributed by atoms with Gasteiger partial charge in [0.25, 0.3) is 0 Å². The first-order chi connectivity index (χ1) is 8.19. The fourth-order valence-electron chi connectivity index (χ4n) is 1.15. The molecule has 0 spiro atoms. The van der Waals surface area contributed by atoms with Crippen LogP contribution in [0, 0.1) is 11.6 Å². The molecule has 1 aromatic heterocycles. The van der Waals surface area contributed by atoms with Crippen molar-refractivity contribution >= 4 is 0 Å². The van der Waals surface area contributed by atoms with Gasteiger partial charge in [0.1, 0.15) is 12.1 Å². The van der Waals surface area contributed by atoms with Gasteiger partial charge in [-0.2, -0.15) is 0 Å². The van der Waals surface area contributed by atoms with E-state index in [0.717, 1.165) is 12.1 Å². The second-order valence-corrected chi connectivity index (χ2v) is 3.08. The Morgan fingerprint density at radius 2 is 1.76 bits per heavy atom. The first kappa shape index (κ1) is 11.3. The standard InChI is InChI=1S/C11H8F2N2O2/c1-16-10-5-11(15-6-14-10)17-7-2-3-8(12)9(13)4-7/h2-6H,1H3. The first-order valence-corrected chi connectivity index (χ1v) is 4.68. The number of benzene rings is 1. The minimum atomic E-state index is -0.983. The lowest BCUT2D eigenvalue weighted by molar-refractivity contribution is 0.387. The Kier molecular flexibility index (Phi) is 3.13. The second-order valence-electron chi connectivity index (χ2n) is 3.08. The van der Waals surface area contributed by atoms with Crippen LogP contribution in [0.2, 0.25) is 0 Å². The van der Waals surface area contributed by atoms with E-state index in [2.05, 4.69) is 9.97 Å². The van der Waals surface area contributed by atoms with Gasteiger partial charge in [0, 0.05) is 6.07 Å². The van der Waals surface area contributed by atoms with Gasteiger partial charge >= 0.3 is 0 Å². The second kappa shape index (κ2) is 4.73. The van der Waals surface area contributed by atoms with Crippen molar-refractivity contribution in [3.63, 3.8) is 0 Å². The molecule has 17 heavy (non-hydrogen) atoms. The summed E-state index contributed by atoms with van der Waals surface area (Å²) in [5.41, 5.74) is 0. The Hall–Kier alpha value is -2.24. The summed E-state index contributed by atoms with van der Waals surface area (Å²) >= 11 is 0. The molecule has 0 aliphatic rings. The summed E-state index contributed by atoms with van der Waals surface area (Å²) in [5, 5.41) is 0. The van der Waals surface area contributed by atoms with Crippen molar-refractivity contribution in [2.45, 2.75) is 0 Å². The molecular formula is C11H8F2N2O2. The lowest BCUT2D eigenvalue weighted by atomic mass is 10.3. The Morgan fingerprint density at radius 3 is 2.47 bits per heavy atom. The minimum absolute atomic E-state index is 0.143. The summed E-state index contributed by atoms with van der Waals surface area (Å²) in [4.78, 5) is 7.59. The molecular weight excluding hydrogens is 230 g/mol. The van der Waals surface area contributed by atoms with E-state index in [-0.39, 0.29) is 11.6 Å². The fraction of sp³-hybridized carbons (Fsp3) is 0.0909. The molecule has 0 unspecified atom stereocenters. The maximum absolute atomic E-state index is 12.9. The largest absolute Gasteiger partial charge is 0.481 e. The first-order valence-electron chi connectivity index (χ1n) is 4.68. The number of hydrogen-bond acceptors (Lipinski definition) is 4. The van der Waals surface area contributed by atoms with Crippen LogP contribution in [0.5, 0.6) is 17.5 Å². The van der Waals surface area contributed by atoms with Gasteiger partial charge in [0.05, 0.1) is 13.2 Å². The lowest BCUT2D eigenvalue weighted by Gasteiger charge is -2.05. The average Bonchev–Trinajstić information content (AvgIpc) is 2.34. The predicted octanol–water partition coefficient (Wildman–Crippen LogP) is 2.56. The van der Waals surface area contributed by atoms with Gasteiger partial charge < -0.3 is 9.47 Å². The van der Waals surface area contributed by atoms with E-state index in [1.807, 2.05) is 0 Å². The zero-order valence-corrected chi connectivity index (χ0v) is 8.85. The monoisotopic (exact) mass is 238 g/mol. The Morgan fingerprint density at radius 1 is 1.00 bits per heavy atom. The van der Waals surface area contributed by atoms with Gasteiger partial charge in [-0.1, -0.05) is 0 Å². The van der Waals surface area contributed by atoms with Gasteiger partial charge in [-0.15, -0.1) is 0 Å². The lowest BCUT2D eigenvalue weighted by Crippen LogP contribution is -1.93. The van der Waals surface area contributed by atoms with Crippen LogP contribution in [0.25, 0.3) is 0 Å². The molecule has 1 heterocycles. The topological polar surface area (TPSA) is 44.2 Å². The minimum Gasteiger partial charge on any atom is -0.481 e. The van der Waals surface area contributed by atoms with Crippen LogP contribution in [0.1, 0.15) is 0 Å². The summed E-state index contributed by atoms with van der Waals surface area (Å²) < 4.78 is 35.7. The van der Waals surface area contributed by atoms with Crippen LogP contribution in [0.4, 0.5) is 8.78 Å². The van der Waals surface area contributed by atoms with E-state index in [1.54, 1.807) is 0 Å². The highest BCUT2D eigenvalue weighted by Gasteiger charge is 2.05. The Bertz CT molecular complexity index is 535. The van der Waals surface area contributed by atoms with Crippen molar-refractivity contribution in [3.8, 4) is 17.5 Å². The third kappa shape index (κ3) is 2.66. The normalized spacial score (nSPS) is 10.1. The van der Waals surface area contributed by atoms with Crippen LogP contribution in [-0.2, 0) is 0 Å². The van der Waals surface area contributed by atoms with E-state index >= 15 is 0 Å². The molecule has 0 saturated carbocycles. The Labute approximate surface area is 95.9 Å². The van der Waals surface area contributed by atoms with Crippen LogP contribution in [0.3, 0.4) is 0 Å². The van der Waals surface area contributed by atoms with Crippen LogP contribution in [0.15, 0.2) is 30.6 Å². The molecule has 0 aliphatic heterocycles. The van der Waals surface area contributed by atoms with Crippen molar-refractivity contribution < 1.29 is 18.3 Å². The number of halogens is 2. The molecule has 0 fully saturated rings. The third-order valence-electron chi connectivity index (χ3n) is 1.94. The van der Waals surface area contributed by atoms with Gasteiger partial charge in [0.2, 0.25) is 11.8 Å². The van der Waals surface area contributed by atoms with Gasteiger partial charge in [-0.25, -0.2) is 18.7 Å². The molecule has 0 atom stereocenters. The molecule has 88 valence electrons. The molecule has 4 nitrogen and oxygen atoms in total. The van der Waals surface area contributed by atoms with E-state index in [1.165, 1.54) is 25.6 Å². The summed E-state index contributed by atoms with van der Waals surface area (Å²) in [7, 11) is 1.45. The highest BCUT2D eigenvalue weighted by Crippen LogP contribution is 2.22. The third-order valence-corrected chi connectivity index (χ3v) is 1.94. The van der Waals surface area contributed by atoms with Crippen molar-refractivity contribution in [3.05, 3.63) is 42.2 Å². The van der Waals surface area contributed by atoms with E-state index in [0.29, 0.717) is 5.88 Å². The van der Waals surface area contributed by atoms with Crippen molar-refractivity contribution in [2.24, 2.45) is 0 Å². The molecule has 0 aliphatic carbocycles. The molecule has 0 bridgehead atoms. The maximum Gasteiger partial charge on any atom is 0.226 e. The number of aromatic nitrogens is 2. The molecule has 2 rings (SSSR count). The molecule has 6 heteroatoms. The molecule has 0 radical (unpaired) electrons. The van der Waals surface area contributed by atoms with Crippen LogP contribution < -0.4 is 9.47 Å². The zero-order valence-electron chi connectivity index (χ0n) is 8.85. The number of hydrogen-bond donors (Lipinski definition) is 0. The van der Waals surface area contributed by atoms with E-state index < -0.39 is 11.6 Å². The van der Waals surface area contributed by atoms with E-state index in [9.17, 15) is 8.78 Å². The van der Waals surface area contributed by atoms with Crippen molar-refractivity contribution in [1.82, 2.24) is 9.97 Å². The summed E-state index contributed by atoms with van der Waals surface area (Å²) in [5.74, 6) is -1.27. The number of methoxy groups -OCH3 is 1. The molecule has 2 aromatic rings. The predicted molar refractivity (Wildman–Crippen MR) is 55.0 cm³/mol. The van der Waals surface area contributed by atoms with Gasteiger partial charge in [-0.3, -0.25) is 0 Å². The number of nitrogens with zero attached hydrogens (tertiary/aromatic N) is 2. The molecule has 0 saturated heterocycles. The molecule has 0 amide bonds. The summed E-state index contributed by atoms with van der Waals surface area (Å²) in [6.07, 6.45) is 1.24. The quantitative estimate of drug-likeness (QED) is 0.824. The van der Waals surface area contributed by atoms with Gasteiger partial charge in [0.15, 0.2) is 11.6 Å². The number of rotatable bonds is 3. The van der Waals surface area contributed by atoms with Gasteiger partial charge in [-0.05, 0) is 12.1 Å². The summed E-state index contributed by atoms with van der Waals surface area (Å²) in [6, 6.07) is 4.64. The average molecular weight is 238 g/mol. The van der Waals surface area contributed by atoms with E-state index in [4.69, 9.17) is 9.47 Å². The fourth-order valence-corrected chi connectivity index (χ4v) is 1.15. The highest BCUT2D eigenvalue weighted by atomic mass is 19.2. The smallest absolute Gasteiger partial charge is 0.226 e. The SMILES string of the molecule is COc1cc(Oc2ccc(F)c(F)c2)ncn1. The molecule has 1 aromatic carbocycles. The zero-order chi connectivity index (χ0) is 12.3. The van der Waals surface area contributed by atoms with Crippen molar-refractivity contribution in [2.75, 3.05) is 7.11 Å². The molecule has 0 N–H and O–H groups in total. The van der Waals surface area contributed by atoms with Crippen LogP contribution in [-0.4, -0.2) is 17.1 Å².